The molecule has 3 aromatic carbocycles. The first-order chi connectivity index (χ1) is 20.3. The Morgan fingerprint density at radius 3 is 1.47 bits per heavy atom. The first-order valence-corrected chi connectivity index (χ1v) is 14.8. The molecular formula is C37H38N2O4. The van der Waals surface area contributed by atoms with Gasteiger partial charge in [0.2, 0.25) is 0 Å². The predicted octanol–water partition coefficient (Wildman–Crippen LogP) is 6.63. The molecule has 0 fully saturated rings. The van der Waals surface area contributed by atoms with Crippen molar-refractivity contribution >= 4 is 35.0 Å². The molecular weight excluding hydrogens is 536 g/mol. The Morgan fingerprint density at radius 1 is 0.558 bits per heavy atom. The summed E-state index contributed by atoms with van der Waals surface area (Å²) in [6, 6.07) is 18.8. The van der Waals surface area contributed by atoms with Gasteiger partial charge in [-0.25, -0.2) is 9.80 Å². The van der Waals surface area contributed by atoms with Gasteiger partial charge in [-0.15, -0.1) is 0 Å². The summed E-state index contributed by atoms with van der Waals surface area (Å²) >= 11 is 0. The van der Waals surface area contributed by atoms with Crippen LogP contribution in [0.3, 0.4) is 0 Å². The van der Waals surface area contributed by atoms with E-state index in [9.17, 15) is 19.2 Å². The fraction of sp³-hybridized carbons (Fsp3) is 0.297. The van der Waals surface area contributed by atoms with Crippen LogP contribution in [0.4, 0.5) is 11.4 Å². The number of benzene rings is 3. The van der Waals surface area contributed by atoms with Crippen LogP contribution < -0.4 is 9.80 Å². The third-order valence-corrected chi connectivity index (χ3v) is 9.06. The lowest BCUT2D eigenvalue weighted by Crippen LogP contribution is -2.32. The van der Waals surface area contributed by atoms with Crippen LogP contribution in [-0.2, 0) is 42.8 Å². The monoisotopic (exact) mass is 574 g/mol. The summed E-state index contributed by atoms with van der Waals surface area (Å²) in [5, 5.41) is 0. The molecule has 6 heteroatoms. The Labute approximate surface area is 253 Å². The zero-order chi connectivity index (χ0) is 31.3. The highest BCUT2D eigenvalue weighted by Crippen LogP contribution is 2.41. The van der Waals surface area contributed by atoms with Crippen molar-refractivity contribution in [2.24, 2.45) is 0 Å². The molecule has 0 saturated carbocycles. The summed E-state index contributed by atoms with van der Waals surface area (Å²) in [6.07, 6.45) is 6.66. The molecule has 0 aromatic heterocycles. The first kappa shape index (κ1) is 29.9. The first-order valence-electron chi connectivity index (χ1n) is 14.8. The number of imide groups is 2. The van der Waals surface area contributed by atoms with E-state index in [-0.39, 0.29) is 34.5 Å². The summed E-state index contributed by atoms with van der Waals surface area (Å²) in [4.78, 5) is 52.2. The van der Waals surface area contributed by atoms with Gasteiger partial charge < -0.3 is 0 Å². The summed E-state index contributed by atoms with van der Waals surface area (Å²) in [7, 11) is 0. The van der Waals surface area contributed by atoms with Crippen molar-refractivity contribution in [2.45, 2.75) is 72.1 Å². The molecule has 0 bridgehead atoms. The fourth-order valence-corrected chi connectivity index (χ4v) is 6.13. The van der Waals surface area contributed by atoms with Crippen LogP contribution in [0.25, 0.3) is 0 Å². The summed E-state index contributed by atoms with van der Waals surface area (Å²) in [6.45, 7) is 14.8. The highest BCUT2D eigenvalue weighted by molar-refractivity contribution is 6.29. The van der Waals surface area contributed by atoms with E-state index in [1.54, 1.807) is 0 Å². The van der Waals surface area contributed by atoms with Crippen molar-refractivity contribution < 1.29 is 19.2 Å². The van der Waals surface area contributed by atoms with Crippen molar-refractivity contribution in [1.29, 1.82) is 0 Å². The van der Waals surface area contributed by atoms with Crippen molar-refractivity contribution in [2.75, 3.05) is 9.80 Å². The SMILES string of the molecule is CCc1cc(C(C)(C)c2cccc(C(C)(C)c3ccc(N4C(=O)C=CC4=O)c(C)c3)c2)cc(CC)c1N1C(=O)C=CC1=O. The molecule has 0 N–H and O–H groups in total. The topological polar surface area (TPSA) is 74.8 Å². The number of hydrogen-bond donors (Lipinski definition) is 0. The Balaban J connectivity index is 1.52. The van der Waals surface area contributed by atoms with Crippen LogP contribution in [0.15, 0.2) is 78.9 Å². The number of hydrogen-bond acceptors (Lipinski definition) is 4. The number of amides is 4. The van der Waals surface area contributed by atoms with Crippen LogP contribution >= 0.6 is 0 Å². The van der Waals surface area contributed by atoms with Crippen molar-refractivity contribution in [3.05, 3.63) is 118 Å². The third-order valence-electron chi connectivity index (χ3n) is 9.06. The molecule has 2 aliphatic heterocycles. The largest absolute Gasteiger partial charge is 0.269 e. The lowest BCUT2D eigenvalue weighted by molar-refractivity contribution is -0.121. The summed E-state index contributed by atoms with van der Waals surface area (Å²) in [5.41, 5.74) is 7.90. The fourth-order valence-electron chi connectivity index (χ4n) is 6.13. The van der Waals surface area contributed by atoms with Gasteiger partial charge >= 0.3 is 0 Å². The maximum absolute atomic E-state index is 12.6. The second kappa shape index (κ2) is 10.9. The maximum Gasteiger partial charge on any atom is 0.258 e. The van der Waals surface area contributed by atoms with Crippen LogP contribution in [0.2, 0.25) is 0 Å². The van der Waals surface area contributed by atoms with Gasteiger partial charge in [-0.2, -0.15) is 0 Å². The van der Waals surface area contributed by atoms with E-state index >= 15 is 0 Å². The average Bonchev–Trinajstić information content (AvgIpc) is 3.50. The maximum atomic E-state index is 12.6. The van der Waals surface area contributed by atoms with Crippen molar-refractivity contribution in [3.63, 3.8) is 0 Å². The number of nitrogens with zero attached hydrogens (tertiary/aromatic N) is 2. The molecule has 220 valence electrons. The van der Waals surface area contributed by atoms with Gasteiger partial charge in [0.05, 0.1) is 11.4 Å². The van der Waals surface area contributed by atoms with E-state index < -0.39 is 0 Å². The van der Waals surface area contributed by atoms with E-state index in [1.807, 2.05) is 19.1 Å². The molecule has 0 aliphatic carbocycles. The molecule has 0 saturated heterocycles. The lowest BCUT2D eigenvalue weighted by atomic mass is 9.72. The van der Waals surface area contributed by atoms with Gasteiger partial charge in [-0.3, -0.25) is 19.2 Å². The molecule has 4 amide bonds. The highest BCUT2D eigenvalue weighted by atomic mass is 16.2. The number of anilines is 2. The lowest BCUT2D eigenvalue weighted by Gasteiger charge is -2.32. The molecule has 5 rings (SSSR count). The quantitative estimate of drug-likeness (QED) is 0.283. The smallest absolute Gasteiger partial charge is 0.258 e. The zero-order valence-electron chi connectivity index (χ0n) is 25.9. The van der Waals surface area contributed by atoms with Gasteiger partial charge in [0.25, 0.3) is 23.6 Å². The van der Waals surface area contributed by atoms with Gasteiger partial charge in [-0.1, -0.05) is 90.1 Å². The molecule has 3 aromatic rings. The predicted molar refractivity (Wildman–Crippen MR) is 170 cm³/mol. The molecule has 6 nitrogen and oxygen atoms in total. The number of rotatable bonds is 8. The van der Waals surface area contributed by atoms with Crippen molar-refractivity contribution in [3.8, 4) is 0 Å². The molecule has 0 unspecified atom stereocenters. The molecule has 0 spiro atoms. The standard InChI is InChI=1S/C37H38N2O4/c1-8-24-20-29(21-25(9-2)35(24)39-33(42)17-18-34(39)43)37(6,7)27-12-10-11-26(22-27)36(4,5)28-13-14-30(23(3)19-28)38-31(40)15-16-32(38)41/h10-22H,8-9H2,1-7H3. The molecule has 2 heterocycles. The van der Waals surface area contributed by atoms with Gasteiger partial charge in [0, 0.05) is 35.1 Å². The Kier molecular flexibility index (Phi) is 7.59. The second-order valence-corrected chi connectivity index (χ2v) is 12.4. The van der Waals surface area contributed by atoms with E-state index in [2.05, 4.69) is 84.0 Å². The molecule has 0 radical (unpaired) electrons. The summed E-state index contributed by atoms with van der Waals surface area (Å²) < 4.78 is 0. The number of carbonyl (C=O) groups excluding carboxylic acids is 4. The molecule has 43 heavy (non-hydrogen) atoms. The highest BCUT2D eigenvalue weighted by Gasteiger charge is 2.33. The van der Waals surface area contributed by atoms with Gasteiger partial charge in [0.15, 0.2) is 0 Å². The van der Waals surface area contributed by atoms with E-state index in [4.69, 9.17) is 0 Å². The van der Waals surface area contributed by atoms with Crippen molar-refractivity contribution in [1.82, 2.24) is 0 Å². The minimum absolute atomic E-state index is 0.296. The van der Waals surface area contributed by atoms with Crippen LogP contribution in [0, 0.1) is 6.92 Å². The van der Waals surface area contributed by atoms with Gasteiger partial charge in [-0.05, 0) is 64.8 Å². The Hall–Kier alpha value is -4.58. The zero-order valence-corrected chi connectivity index (χ0v) is 25.9. The number of carbonyl (C=O) groups is 4. The average molecular weight is 575 g/mol. The van der Waals surface area contributed by atoms with Gasteiger partial charge in [0.1, 0.15) is 0 Å². The van der Waals surface area contributed by atoms with Crippen LogP contribution in [-0.4, -0.2) is 23.6 Å². The summed E-state index contributed by atoms with van der Waals surface area (Å²) in [5.74, 6) is -1.24. The molecule has 2 aliphatic rings. The second-order valence-electron chi connectivity index (χ2n) is 12.4. The van der Waals surface area contributed by atoms with E-state index in [0.29, 0.717) is 24.2 Å². The minimum atomic E-state index is -0.362. The molecule has 0 atom stereocenters. The Morgan fingerprint density at radius 2 is 1.00 bits per heavy atom. The van der Waals surface area contributed by atoms with E-state index in [1.165, 1.54) is 34.1 Å². The third kappa shape index (κ3) is 5.05. The number of aryl methyl sites for hydroxylation is 3. The van der Waals surface area contributed by atoms with E-state index in [0.717, 1.165) is 38.9 Å². The Bertz CT molecular complexity index is 1680. The normalized spacial score (nSPS) is 15.4. The van der Waals surface area contributed by atoms with Crippen LogP contribution in [0.1, 0.15) is 80.5 Å². The van der Waals surface area contributed by atoms with Crippen LogP contribution in [0.5, 0.6) is 0 Å². The minimum Gasteiger partial charge on any atom is -0.269 e.